The van der Waals surface area contributed by atoms with E-state index in [0.717, 1.165) is 32.0 Å². The summed E-state index contributed by atoms with van der Waals surface area (Å²) in [5.74, 6) is 0. The monoisotopic (exact) mass is 234 g/mol. The number of hydrogen-bond donors (Lipinski definition) is 0. The second-order valence-electron chi connectivity index (χ2n) is 5.93. The molecule has 0 bridgehead atoms. The predicted molar refractivity (Wildman–Crippen MR) is 74.0 cm³/mol. The van der Waals surface area contributed by atoms with Gasteiger partial charge >= 0.3 is 0 Å². The number of carbonyl (C=O) groups is 1. The Morgan fingerprint density at radius 2 is 2.00 bits per heavy atom. The third-order valence-corrected chi connectivity index (χ3v) is 4.14. The van der Waals surface area contributed by atoms with Gasteiger partial charge in [0, 0.05) is 6.42 Å². The fraction of sp³-hybridized carbons (Fsp3) is 0.688. The van der Waals surface area contributed by atoms with Crippen molar-refractivity contribution in [2.45, 2.75) is 66.2 Å². The summed E-state index contributed by atoms with van der Waals surface area (Å²) in [4.78, 5) is 10.9. The van der Waals surface area contributed by atoms with Gasteiger partial charge in [0.2, 0.25) is 0 Å². The second kappa shape index (κ2) is 6.18. The third kappa shape index (κ3) is 4.14. The summed E-state index contributed by atoms with van der Waals surface area (Å²) in [6.45, 7) is 8.75. The van der Waals surface area contributed by atoms with Crippen molar-refractivity contribution in [2.75, 3.05) is 0 Å². The molecule has 0 spiro atoms. The van der Waals surface area contributed by atoms with Gasteiger partial charge < -0.3 is 4.79 Å². The largest absolute Gasteiger partial charge is 0.303 e. The normalized spacial score (nSPS) is 24.7. The Hall–Kier alpha value is -0.850. The number of carbonyl (C=O) groups excluding carboxylic acids is 1. The Labute approximate surface area is 106 Å². The standard InChI is InChI=1S/C16H26O/c1-13(2)6-5-8-16(10-11-17)9-7-14(3)15(4)12-16/h6,11H,5,7-10,12H2,1-4H3/t16-/m0/s1. The van der Waals surface area contributed by atoms with E-state index in [2.05, 4.69) is 33.8 Å². The molecule has 0 aromatic heterocycles. The minimum atomic E-state index is 0.247. The van der Waals surface area contributed by atoms with Crippen LogP contribution in [0.2, 0.25) is 0 Å². The molecule has 0 N–H and O–H groups in total. The van der Waals surface area contributed by atoms with E-state index in [0.29, 0.717) is 0 Å². The lowest BCUT2D eigenvalue weighted by molar-refractivity contribution is -0.110. The van der Waals surface area contributed by atoms with E-state index in [1.807, 2.05) is 0 Å². The summed E-state index contributed by atoms with van der Waals surface area (Å²) >= 11 is 0. The van der Waals surface area contributed by atoms with Crippen molar-refractivity contribution in [3.05, 3.63) is 22.8 Å². The molecule has 1 aliphatic rings. The molecule has 1 atom stereocenters. The molecule has 0 fully saturated rings. The zero-order valence-corrected chi connectivity index (χ0v) is 11.8. The molecule has 0 aromatic rings. The molecule has 0 aromatic carbocycles. The van der Waals surface area contributed by atoms with Crippen LogP contribution < -0.4 is 0 Å². The van der Waals surface area contributed by atoms with Gasteiger partial charge in [-0.15, -0.1) is 0 Å². The van der Waals surface area contributed by atoms with Crippen molar-refractivity contribution in [1.29, 1.82) is 0 Å². The van der Waals surface area contributed by atoms with Crippen LogP contribution in [-0.4, -0.2) is 6.29 Å². The van der Waals surface area contributed by atoms with Gasteiger partial charge in [0.15, 0.2) is 0 Å². The molecule has 1 aliphatic carbocycles. The first kappa shape index (κ1) is 14.2. The van der Waals surface area contributed by atoms with Crippen LogP contribution in [0.1, 0.15) is 66.2 Å². The lowest BCUT2D eigenvalue weighted by atomic mass is 9.68. The van der Waals surface area contributed by atoms with Gasteiger partial charge in [0.05, 0.1) is 0 Å². The van der Waals surface area contributed by atoms with Crippen LogP contribution in [0.25, 0.3) is 0 Å². The molecule has 0 saturated carbocycles. The topological polar surface area (TPSA) is 17.1 Å². The minimum absolute atomic E-state index is 0.247. The van der Waals surface area contributed by atoms with Crippen molar-refractivity contribution in [3.8, 4) is 0 Å². The maximum atomic E-state index is 10.9. The van der Waals surface area contributed by atoms with Crippen LogP contribution in [0, 0.1) is 5.41 Å². The van der Waals surface area contributed by atoms with Crippen LogP contribution in [0.5, 0.6) is 0 Å². The first-order chi connectivity index (χ1) is 7.99. The smallest absolute Gasteiger partial charge is 0.120 e. The molecular formula is C16H26O. The van der Waals surface area contributed by atoms with Crippen molar-refractivity contribution >= 4 is 6.29 Å². The molecule has 17 heavy (non-hydrogen) atoms. The van der Waals surface area contributed by atoms with Gasteiger partial charge in [-0.2, -0.15) is 0 Å². The van der Waals surface area contributed by atoms with Crippen LogP contribution in [0.3, 0.4) is 0 Å². The molecular weight excluding hydrogens is 208 g/mol. The summed E-state index contributed by atoms with van der Waals surface area (Å²) in [5.41, 5.74) is 4.67. The van der Waals surface area contributed by atoms with E-state index in [4.69, 9.17) is 0 Å². The quantitative estimate of drug-likeness (QED) is 0.492. The summed E-state index contributed by atoms with van der Waals surface area (Å²) < 4.78 is 0. The summed E-state index contributed by atoms with van der Waals surface area (Å²) in [5, 5.41) is 0. The molecule has 0 heterocycles. The highest BCUT2D eigenvalue weighted by Crippen LogP contribution is 2.44. The van der Waals surface area contributed by atoms with Crippen LogP contribution >= 0.6 is 0 Å². The molecule has 0 saturated heterocycles. The van der Waals surface area contributed by atoms with E-state index in [1.54, 1.807) is 0 Å². The van der Waals surface area contributed by atoms with E-state index < -0.39 is 0 Å². The average Bonchev–Trinajstić information content (AvgIpc) is 2.24. The van der Waals surface area contributed by atoms with Crippen molar-refractivity contribution < 1.29 is 4.79 Å². The Kier molecular flexibility index (Phi) is 5.17. The fourth-order valence-corrected chi connectivity index (χ4v) is 2.80. The second-order valence-corrected chi connectivity index (χ2v) is 5.93. The highest BCUT2D eigenvalue weighted by atomic mass is 16.1. The average molecular weight is 234 g/mol. The van der Waals surface area contributed by atoms with Crippen LogP contribution in [-0.2, 0) is 4.79 Å². The van der Waals surface area contributed by atoms with Gasteiger partial charge in [0.25, 0.3) is 0 Å². The Balaban J connectivity index is 2.71. The Morgan fingerprint density at radius 3 is 2.53 bits per heavy atom. The van der Waals surface area contributed by atoms with Gasteiger partial charge in [-0.3, -0.25) is 0 Å². The molecule has 0 aliphatic heterocycles. The predicted octanol–water partition coefficient (Wildman–Crippen LogP) is 4.83. The molecule has 0 radical (unpaired) electrons. The zero-order valence-electron chi connectivity index (χ0n) is 11.8. The molecule has 0 amide bonds. The third-order valence-electron chi connectivity index (χ3n) is 4.14. The summed E-state index contributed by atoms with van der Waals surface area (Å²) in [7, 11) is 0. The minimum Gasteiger partial charge on any atom is -0.303 e. The van der Waals surface area contributed by atoms with E-state index in [-0.39, 0.29) is 5.41 Å². The Morgan fingerprint density at radius 1 is 1.29 bits per heavy atom. The zero-order chi connectivity index (χ0) is 12.9. The highest BCUT2D eigenvalue weighted by molar-refractivity contribution is 5.51. The van der Waals surface area contributed by atoms with Crippen molar-refractivity contribution in [1.82, 2.24) is 0 Å². The molecule has 1 rings (SSSR count). The maximum absolute atomic E-state index is 10.9. The van der Waals surface area contributed by atoms with Crippen molar-refractivity contribution in [2.24, 2.45) is 5.41 Å². The van der Waals surface area contributed by atoms with Gasteiger partial charge in [-0.25, -0.2) is 0 Å². The van der Waals surface area contributed by atoms with Gasteiger partial charge in [-0.05, 0) is 65.2 Å². The number of allylic oxidation sites excluding steroid dienone is 4. The maximum Gasteiger partial charge on any atom is 0.120 e. The number of rotatable bonds is 5. The SMILES string of the molecule is CC(C)=CCC[C@@]1(CC=O)CCC(C)=C(C)C1. The number of aldehydes is 1. The first-order valence-electron chi connectivity index (χ1n) is 6.71. The van der Waals surface area contributed by atoms with Crippen LogP contribution in [0.15, 0.2) is 22.8 Å². The fourth-order valence-electron chi connectivity index (χ4n) is 2.80. The first-order valence-corrected chi connectivity index (χ1v) is 6.71. The van der Waals surface area contributed by atoms with Gasteiger partial charge in [0.1, 0.15) is 6.29 Å². The molecule has 1 nitrogen and oxygen atoms in total. The molecule has 96 valence electrons. The lowest BCUT2D eigenvalue weighted by Crippen LogP contribution is -2.25. The molecule has 1 heteroatoms. The Bertz CT molecular complexity index is 331. The van der Waals surface area contributed by atoms with E-state index >= 15 is 0 Å². The number of hydrogen-bond acceptors (Lipinski definition) is 1. The summed E-state index contributed by atoms with van der Waals surface area (Å²) in [6.07, 6.45) is 9.90. The molecule has 0 unspecified atom stereocenters. The van der Waals surface area contributed by atoms with Gasteiger partial charge in [-0.1, -0.05) is 22.8 Å². The van der Waals surface area contributed by atoms with Crippen molar-refractivity contribution in [3.63, 3.8) is 0 Å². The van der Waals surface area contributed by atoms with E-state index in [9.17, 15) is 4.79 Å². The lowest BCUT2D eigenvalue weighted by Gasteiger charge is -2.37. The highest BCUT2D eigenvalue weighted by Gasteiger charge is 2.32. The van der Waals surface area contributed by atoms with Crippen LogP contribution in [0.4, 0.5) is 0 Å². The summed E-state index contributed by atoms with van der Waals surface area (Å²) in [6, 6.07) is 0. The van der Waals surface area contributed by atoms with E-state index in [1.165, 1.54) is 29.6 Å².